The molecule has 0 bridgehead atoms. The van der Waals surface area contributed by atoms with Gasteiger partial charge in [0.1, 0.15) is 11.9 Å². The van der Waals surface area contributed by atoms with Crippen molar-refractivity contribution >= 4 is 5.78 Å². The molecule has 24 heavy (non-hydrogen) atoms. The zero-order chi connectivity index (χ0) is 17.7. The Bertz CT molecular complexity index is 853. The third-order valence-corrected chi connectivity index (χ3v) is 4.01. The van der Waals surface area contributed by atoms with Gasteiger partial charge in [0, 0.05) is 29.1 Å². The van der Waals surface area contributed by atoms with E-state index in [1.807, 2.05) is 17.6 Å². The first-order valence-electron chi connectivity index (χ1n) is 7.78. The van der Waals surface area contributed by atoms with Crippen molar-refractivity contribution in [1.29, 1.82) is 10.5 Å². The number of hydrogen-bond donors (Lipinski definition) is 0. The molecule has 1 aromatic carbocycles. The largest absolute Gasteiger partial charge is 0.317 e. The summed E-state index contributed by atoms with van der Waals surface area (Å²) in [5, 5.41) is 17.5. The third-order valence-electron chi connectivity index (χ3n) is 4.01. The molecule has 0 aliphatic rings. The summed E-state index contributed by atoms with van der Waals surface area (Å²) in [5.74, 6) is -0.624. The summed E-state index contributed by atoms with van der Waals surface area (Å²) in [6.45, 7) is 3.33. The maximum atomic E-state index is 14.0. The van der Waals surface area contributed by atoms with E-state index in [1.54, 1.807) is 12.1 Å². The molecule has 1 aromatic heterocycles. The number of aryl methyl sites for hydroxylation is 1. The molecule has 5 heteroatoms. The lowest BCUT2D eigenvalue weighted by atomic mass is 10.1. The maximum Gasteiger partial charge on any atom is 0.161 e. The van der Waals surface area contributed by atoms with Crippen LogP contribution < -0.4 is 0 Å². The predicted octanol–water partition coefficient (Wildman–Crippen LogP) is 4.24. The predicted molar refractivity (Wildman–Crippen MR) is 88.4 cm³/mol. The van der Waals surface area contributed by atoms with Crippen LogP contribution in [0.4, 0.5) is 4.39 Å². The van der Waals surface area contributed by atoms with Crippen LogP contribution in [0.15, 0.2) is 24.3 Å². The molecule has 1 heterocycles. The Balaban J connectivity index is 2.47. The summed E-state index contributed by atoms with van der Waals surface area (Å²) in [4.78, 5) is 11.8. The normalized spacial score (nSPS) is 10.2. The highest BCUT2D eigenvalue weighted by atomic mass is 19.1. The van der Waals surface area contributed by atoms with Gasteiger partial charge in [0.15, 0.2) is 5.78 Å². The average Bonchev–Trinajstić information content (AvgIpc) is 2.88. The molecule has 122 valence electrons. The molecule has 0 saturated heterocycles. The lowest BCUT2D eigenvalue weighted by Crippen LogP contribution is -2.04. The van der Waals surface area contributed by atoms with Crippen molar-refractivity contribution in [2.24, 2.45) is 0 Å². The number of carbonyl (C=O) groups is 1. The van der Waals surface area contributed by atoms with Crippen molar-refractivity contribution < 1.29 is 9.18 Å². The van der Waals surface area contributed by atoms with Crippen molar-refractivity contribution in [2.45, 2.75) is 39.5 Å². The summed E-state index contributed by atoms with van der Waals surface area (Å²) < 4.78 is 15.8. The van der Waals surface area contributed by atoms with Gasteiger partial charge < -0.3 is 4.57 Å². The Morgan fingerprint density at radius 3 is 2.58 bits per heavy atom. The number of carbonyl (C=O) groups excluding carboxylic acids is 1. The number of aromatic nitrogens is 1. The molecule has 0 aliphatic heterocycles. The number of Topliss-reactive ketones (excluding diaryl/α,β-unsaturated/α-hetero) is 1. The fraction of sp³-hybridized carbons (Fsp3) is 0.316. The Labute approximate surface area is 140 Å². The smallest absolute Gasteiger partial charge is 0.161 e. The molecule has 2 rings (SSSR count). The molecule has 0 saturated carbocycles. The van der Waals surface area contributed by atoms with Crippen LogP contribution in [0, 0.1) is 35.4 Å². The van der Waals surface area contributed by atoms with Crippen molar-refractivity contribution in [3.05, 3.63) is 52.6 Å². The number of benzene rings is 1. The number of ketones is 1. The van der Waals surface area contributed by atoms with Crippen LogP contribution in [0.25, 0.3) is 5.69 Å². The van der Waals surface area contributed by atoms with Crippen molar-refractivity contribution in [1.82, 2.24) is 4.57 Å². The van der Waals surface area contributed by atoms with Gasteiger partial charge in [-0.25, -0.2) is 4.39 Å². The van der Waals surface area contributed by atoms with Gasteiger partial charge in [-0.05, 0) is 57.4 Å². The number of nitriles is 2. The van der Waals surface area contributed by atoms with Gasteiger partial charge in [-0.15, -0.1) is 0 Å². The van der Waals surface area contributed by atoms with Crippen LogP contribution in [0.5, 0.6) is 0 Å². The van der Waals surface area contributed by atoms with Crippen molar-refractivity contribution in [3.63, 3.8) is 0 Å². The molecule has 0 amide bonds. The van der Waals surface area contributed by atoms with Gasteiger partial charge in [0.25, 0.3) is 0 Å². The highest BCUT2D eigenvalue weighted by molar-refractivity contribution is 5.95. The first-order valence-corrected chi connectivity index (χ1v) is 7.78. The molecule has 0 spiro atoms. The van der Waals surface area contributed by atoms with Gasteiger partial charge >= 0.3 is 0 Å². The highest BCUT2D eigenvalue weighted by Gasteiger charge is 2.17. The fourth-order valence-electron chi connectivity index (χ4n) is 2.82. The van der Waals surface area contributed by atoms with E-state index in [-0.39, 0.29) is 11.3 Å². The summed E-state index contributed by atoms with van der Waals surface area (Å²) in [5.41, 5.74) is 2.84. The van der Waals surface area contributed by atoms with Gasteiger partial charge in [0.2, 0.25) is 0 Å². The lowest BCUT2D eigenvalue weighted by Gasteiger charge is -2.12. The molecule has 0 radical (unpaired) electrons. The second-order valence-corrected chi connectivity index (χ2v) is 5.67. The maximum absolute atomic E-state index is 14.0. The van der Waals surface area contributed by atoms with Crippen molar-refractivity contribution in [2.75, 3.05) is 0 Å². The number of rotatable bonds is 6. The zero-order valence-corrected chi connectivity index (χ0v) is 13.8. The second kappa shape index (κ2) is 7.57. The minimum atomic E-state index is -0.581. The summed E-state index contributed by atoms with van der Waals surface area (Å²) in [6, 6.07) is 10.2. The van der Waals surface area contributed by atoms with E-state index in [4.69, 9.17) is 10.5 Å². The average molecular weight is 323 g/mol. The Morgan fingerprint density at radius 2 is 2.00 bits per heavy atom. The first-order chi connectivity index (χ1) is 11.5. The minimum absolute atomic E-state index is 0.00841. The van der Waals surface area contributed by atoms with E-state index >= 15 is 0 Å². The van der Waals surface area contributed by atoms with Crippen molar-refractivity contribution in [3.8, 4) is 17.8 Å². The number of halogens is 1. The van der Waals surface area contributed by atoms with Crippen LogP contribution in [0.2, 0.25) is 0 Å². The van der Waals surface area contributed by atoms with Gasteiger partial charge in [-0.1, -0.05) is 0 Å². The molecule has 0 aliphatic carbocycles. The zero-order valence-electron chi connectivity index (χ0n) is 13.8. The lowest BCUT2D eigenvalue weighted by molar-refractivity contribution is 0.101. The standard InChI is InChI=1S/C19H18FN3O/c1-13-18(14(2)24)10-16(6-4-3-5-9-21)23(13)17-8-7-15(12-22)19(20)11-17/h7-8,10-11H,3-6H2,1-2H3. The molecular weight excluding hydrogens is 305 g/mol. The number of nitrogens with zero attached hydrogens (tertiary/aromatic N) is 3. The Kier molecular flexibility index (Phi) is 5.50. The topological polar surface area (TPSA) is 69.6 Å². The summed E-state index contributed by atoms with van der Waals surface area (Å²) >= 11 is 0. The quantitative estimate of drug-likeness (QED) is 0.590. The van der Waals surface area contributed by atoms with E-state index in [9.17, 15) is 9.18 Å². The Morgan fingerprint density at radius 1 is 1.25 bits per heavy atom. The van der Waals surface area contributed by atoms with Crippen LogP contribution in [-0.4, -0.2) is 10.4 Å². The Hall–Kier alpha value is -2.92. The molecule has 4 nitrogen and oxygen atoms in total. The van der Waals surface area contributed by atoms with Gasteiger partial charge in [-0.3, -0.25) is 4.79 Å². The van der Waals surface area contributed by atoms with E-state index in [1.165, 1.54) is 19.1 Å². The van der Waals surface area contributed by atoms with E-state index in [2.05, 4.69) is 6.07 Å². The highest BCUT2D eigenvalue weighted by Crippen LogP contribution is 2.24. The molecule has 0 fully saturated rings. The fourth-order valence-corrected chi connectivity index (χ4v) is 2.82. The van der Waals surface area contributed by atoms with Gasteiger partial charge in [0.05, 0.1) is 11.6 Å². The van der Waals surface area contributed by atoms with Crippen LogP contribution in [0.1, 0.15) is 53.5 Å². The van der Waals surface area contributed by atoms with E-state index in [0.717, 1.165) is 24.2 Å². The number of hydrogen-bond acceptors (Lipinski definition) is 3. The molecule has 2 aromatic rings. The molecular formula is C19H18FN3O. The summed E-state index contributed by atoms with van der Waals surface area (Å²) in [7, 11) is 0. The third kappa shape index (κ3) is 3.52. The molecule has 0 atom stereocenters. The van der Waals surface area contributed by atoms with Gasteiger partial charge in [-0.2, -0.15) is 10.5 Å². The van der Waals surface area contributed by atoms with E-state index < -0.39 is 5.82 Å². The van der Waals surface area contributed by atoms with Crippen LogP contribution in [-0.2, 0) is 6.42 Å². The summed E-state index contributed by atoms with van der Waals surface area (Å²) in [6.07, 6.45) is 2.77. The SMILES string of the molecule is CC(=O)c1cc(CCCCC#N)n(-c2ccc(C#N)c(F)c2)c1C. The molecule has 0 N–H and O–H groups in total. The minimum Gasteiger partial charge on any atom is -0.317 e. The molecule has 0 unspecified atom stereocenters. The number of unbranched alkanes of at least 4 members (excludes halogenated alkanes) is 2. The monoisotopic (exact) mass is 323 g/mol. The van der Waals surface area contributed by atoms with E-state index in [0.29, 0.717) is 24.1 Å². The van der Waals surface area contributed by atoms with Crippen LogP contribution in [0.3, 0.4) is 0 Å². The second-order valence-electron chi connectivity index (χ2n) is 5.67. The van der Waals surface area contributed by atoms with Crippen LogP contribution >= 0.6 is 0 Å². The first kappa shape index (κ1) is 17.4.